The summed E-state index contributed by atoms with van der Waals surface area (Å²) in [7, 11) is 0. The number of para-hydroxylation sites is 1. The van der Waals surface area contributed by atoms with Crippen molar-refractivity contribution in [2.24, 2.45) is 5.92 Å². The summed E-state index contributed by atoms with van der Waals surface area (Å²) in [6.07, 6.45) is 2.94. The van der Waals surface area contributed by atoms with Crippen molar-refractivity contribution in [3.05, 3.63) is 59.3 Å². The lowest BCUT2D eigenvalue weighted by atomic mass is 10.0. The van der Waals surface area contributed by atoms with Crippen LogP contribution in [0.4, 0.5) is 0 Å². The zero-order chi connectivity index (χ0) is 15.7. The number of hydrogen-bond donors (Lipinski definition) is 0. The first-order valence-corrected chi connectivity index (χ1v) is 7.86. The van der Waals surface area contributed by atoms with E-state index in [1.165, 1.54) is 16.7 Å². The minimum absolute atomic E-state index is 0.617. The van der Waals surface area contributed by atoms with Gasteiger partial charge in [0, 0.05) is 5.56 Å². The summed E-state index contributed by atoms with van der Waals surface area (Å²) in [6.45, 7) is 8.70. The molecule has 0 unspecified atom stereocenters. The van der Waals surface area contributed by atoms with Gasteiger partial charge in [0.2, 0.25) is 0 Å². The predicted octanol–water partition coefficient (Wildman–Crippen LogP) is 5.11. The third-order valence-corrected chi connectivity index (χ3v) is 3.80. The molecule has 0 aliphatic carbocycles. The largest absolute Gasteiger partial charge is 0.252 e. The van der Waals surface area contributed by atoms with Gasteiger partial charge < -0.3 is 0 Å². The maximum absolute atomic E-state index is 4.83. The van der Waals surface area contributed by atoms with E-state index in [0.29, 0.717) is 5.92 Å². The number of rotatable bonds is 3. The average molecular weight is 290 g/mol. The highest BCUT2D eigenvalue weighted by atomic mass is 14.8. The first-order chi connectivity index (χ1) is 10.5. The molecule has 3 aromatic rings. The van der Waals surface area contributed by atoms with Crippen LogP contribution in [0.5, 0.6) is 0 Å². The Bertz CT molecular complexity index is 799. The molecule has 1 aromatic heterocycles. The first kappa shape index (κ1) is 14.7. The van der Waals surface area contributed by atoms with Gasteiger partial charge in [0.05, 0.1) is 22.9 Å². The van der Waals surface area contributed by atoms with Crippen molar-refractivity contribution in [3.63, 3.8) is 0 Å². The molecule has 0 saturated carbocycles. The second-order valence-electron chi connectivity index (χ2n) is 6.51. The molecule has 0 fully saturated rings. The van der Waals surface area contributed by atoms with Crippen molar-refractivity contribution in [1.29, 1.82) is 0 Å². The topological polar surface area (TPSA) is 25.8 Å². The van der Waals surface area contributed by atoms with Crippen molar-refractivity contribution in [2.45, 2.75) is 34.1 Å². The van der Waals surface area contributed by atoms with E-state index < -0.39 is 0 Å². The molecule has 0 spiro atoms. The Balaban J connectivity index is 2.10. The molecular formula is C20H22N2. The molecule has 0 aliphatic heterocycles. The minimum atomic E-state index is 0.617. The van der Waals surface area contributed by atoms with E-state index >= 15 is 0 Å². The van der Waals surface area contributed by atoms with Crippen LogP contribution in [0.1, 0.15) is 30.5 Å². The summed E-state index contributed by atoms with van der Waals surface area (Å²) in [4.78, 5) is 9.54. The van der Waals surface area contributed by atoms with Gasteiger partial charge in [-0.1, -0.05) is 43.2 Å². The molecule has 0 bridgehead atoms. The zero-order valence-corrected chi connectivity index (χ0v) is 13.7. The molecular weight excluding hydrogens is 268 g/mol. The summed E-state index contributed by atoms with van der Waals surface area (Å²) in [5.41, 5.74) is 7.89. The number of nitrogens with zero attached hydrogens (tertiary/aromatic N) is 2. The maximum atomic E-state index is 4.83. The van der Waals surface area contributed by atoms with Crippen LogP contribution in [-0.4, -0.2) is 9.97 Å². The minimum Gasteiger partial charge on any atom is -0.252 e. The molecule has 0 saturated heterocycles. The second-order valence-corrected chi connectivity index (χ2v) is 6.51. The average Bonchev–Trinajstić information content (AvgIpc) is 2.45. The van der Waals surface area contributed by atoms with Gasteiger partial charge in [0.15, 0.2) is 0 Å². The van der Waals surface area contributed by atoms with Crippen LogP contribution >= 0.6 is 0 Å². The summed E-state index contributed by atoms with van der Waals surface area (Å²) in [5, 5.41) is 0. The zero-order valence-electron chi connectivity index (χ0n) is 13.7. The fourth-order valence-electron chi connectivity index (χ4n) is 2.97. The van der Waals surface area contributed by atoms with Crippen LogP contribution in [-0.2, 0) is 6.42 Å². The number of aryl methyl sites for hydroxylation is 2. The molecule has 2 aromatic carbocycles. The molecule has 0 amide bonds. The molecule has 0 atom stereocenters. The number of hydrogen-bond acceptors (Lipinski definition) is 2. The molecule has 0 radical (unpaired) electrons. The Morgan fingerprint density at radius 3 is 2.41 bits per heavy atom. The van der Waals surface area contributed by atoms with E-state index in [1.54, 1.807) is 0 Å². The Morgan fingerprint density at radius 1 is 1.00 bits per heavy atom. The lowest BCUT2D eigenvalue weighted by Gasteiger charge is -2.10. The number of fused-ring (bicyclic) bond motifs is 1. The Kier molecular flexibility index (Phi) is 3.93. The summed E-state index contributed by atoms with van der Waals surface area (Å²) in [5.74, 6) is 0.617. The van der Waals surface area contributed by atoms with Crippen LogP contribution in [0.25, 0.3) is 22.3 Å². The summed E-state index contributed by atoms with van der Waals surface area (Å²) in [6, 6.07) is 12.8. The quantitative estimate of drug-likeness (QED) is 0.669. The maximum Gasteiger partial charge on any atom is 0.0919 e. The predicted molar refractivity (Wildman–Crippen MR) is 93.0 cm³/mol. The van der Waals surface area contributed by atoms with Crippen molar-refractivity contribution < 1.29 is 0 Å². The highest BCUT2D eigenvalue weighted by molar-refractivity contribution is 5.80. The van der Waals surface area contributed by atoms with E-state index in [4.69, 9.17) is 9.97 Å². The molecule has 2 heteroatoms. The normalized spacial score (nSPS) is 11.3. The van der Waals surface area contributed by atoms with Crippen LogP contribution in [0.15, 0.2) is 42.6 Å². The third kappa shape index (κ3) is 3.01. The van der Waals surface area contributed by atoms with Gasteiger partial charge in [0.1, 0.15) is 0 Å². The Labute approximate surface area is 132 Å². The van der Waals surface area contributed by atoms with Crippen LogP contribution < -0.4 is 0 Å². The first-order valence-electron chi connectivity index (χ1n) is 7.86. The molecule has 1 heterocycles. The molecule has 112 valence electrons. The van der Waals surface area contributed by atoms with Gasteiger partial charge in [-0.05, 0) is 49.9 Å². The van der Waals surface area contributed by atoms with E-state index in [0.717, 1.165) is 28.7 Å². The lowest BCUT2D eigenvalue weighted by molar-refractivity contribution is 0.649. The Morgan fingerprint density at radius 2 is 1.73 bits per heavy atom. The number of aromatic nitrogens is 2. The number of benzene rings is 2. The molecule has 3 rings (SSSR count). The monoisotopic (exact) mass is 290 g/mol. The van der Waals surface area contributed by atoms with Gasteiger partial charge in [-0.3, -0.25) is 4.98 Å². The molecule has 0 aliphatic rings. The summed E-state index contributed by atoms with van der Waals surface area (Å²) < 4.78 is 0. The SMILES string of the molecule is Cc1cc(C)cc(-c2cnc3c(CC(C)C)cccc3n2)c1. The fraction of sp³-hybridized carbons (Fsp3) is 0.300. The van der Waals surface area contributed by atoms with E-state index in [2.05, 4.69) is 64.1 Å². The van der Waals surface area contributed by atoms with Crippen LogP contribution in [0.2, 0.25) is 0 Å². The highest BCUT2D eigenvalue weighted by Gasteiger charge is 2.08. The molecule has 0 N–H and O–H groups in total. The molecule has 2 nitrogen and oxygen atoms in total. The van der Waals surface area contributed by atoms with Crippen molar-refractivity contribution in [2.75, 3.05) is 0 Å². The van der Waals surface area contributed by atoms with Gasteiger partial charge in [0.25, 0.3) is 0 Å². The fourth-order valence-corrected chi connectivity index (χ4v) is 2.97. The standard InChI is InChI=1S/C20H22N2/c1-13(2)8-16-6-5-7-18-20(16)21-12-19(22-18)17-10-14(3)9-15(4)11-17/h5-7,9-13H,8H2,1-4H3. The van der Waals surface area contributed by atoms with Gasteiger partial charge in [-0.2, -0.15) is 0 Å². The van der Waals surface area contributed by atoms with Crippen molar-refractivity contribution in [3.8, 4) is 11.3 Å². The van der Waals surface area contributed by atoms with Crippen molar-refractivity contribution >= 4 is 11.0 Å². The van der Waals surface area contributed by atoms with Crippen LogP contribution in [0, 0.1) is 19.8 Å². The van der Waals surface area contributed by atoms with E-state index in [-0.39, 0.29) is 0 Å². The van der Waals surface area contributed by atoms with Gasteiger partial charge >= 0.3 is 0 Å². The Hall–Kier alpha value is -2.22. The van der Waals surface area contributed by atoms with Crippen LogP contribution in [0.3, 0.4) is 0 Å². The van der Waals surface area contributed by atoms with Gasteiger partial charge in [-0.25, -0.2) is 4.98 Å². The van der Waals surface area contributed by atoms with Crippen molar-refractivity contribution in [1.82, 2.24) is 9.97 Å². The lowest BCUT2D eigenvalue weighted by Crippen LogP contribution is -1.98. The second kappa shape index (κ2) is 5.88. The molecule has 22 heavy (non-hydrogen) atoms. The van der Waals surface area contributed by atoms with E-state index in [9.17, 15) is 0 Å². The third-order valence-electron chi connectivity index (χ3n) is 3.80. The van der Waals surface area contributed by atoms with Gasteiger partial charge in [-0.15, -0.1) is 0 Å². The highest BCUT2D eigenvalue weighted by Crippen LogP contribution is 2.24. The summed E-state index contributed by atoms with van der Waals surface area (Å²) >= 11 is 0. The van der Waals surface area contributed by atoms with E-state index in [1.807, 2.05) is 6.20 Å². The smallest absolute Gasteiger partial charge is 0.0919 e.